The number of carbonyl (C=O) groups excluding carboxylic acids is 1. The average Bonchev–Trinajstić information content (AvgIpc) is 3.28. The highest BCUT2D eigenvalue weighted by molar-refractivity contribution is 6.04. The van der Waals surface area contributed by atoms with Crippen molar-refractivity contribution in [2.75, 3.05) is 13.1 Å². The number of benzene rings is 1. The van der Waals surface area contributed by atoms with Gasteiger partial charge in [-0.25, -0.2) is 0 Å². The van der Waals surface area contributed by atoms with Crippen molar-refractivity contribution in [3.05, 3.63) is 35.9 Å². The Balaban J connectivity index is 1.78. The van der Waals surface area contributed by atoms with Crippen LogP contribution in [0.2, 0.25) is 0 Å². The topological polar surface area (TPSA) is 66.8 Å². The zero-order valence-corrected chi connectivity index (χ0v) is 12.0. The number of ether oxygens (including phenoxy) is 1. The normalized spacial score (nSPS) is 27.2. The Morgan fingerprint density at radius 1 is 1.24 bits per heavy atom. The van der Waals surface area contributed by atoms with Gasteiger partial charge in [-0.15, -0.1) is 0 Å². The van der Waals surface area contributed by atoms with Gasteiger partial charge in [-0.2, -0.15) is 0 Å². The van der Waals surface area contributed by atoms with Gasteiger partial charge in [0.05, 0.1) is 12.6 Å². The smallest absolute Gasteiger partial charge is 0.319 e. The molecular weight excluding hydrogens is 270 g/mol. The van der Waals surface area contributed by atoms with E-state index in [-0.39, 0.29) is 18.1 Å². The summed E-state index contributed by atoms with van der Waals surface area (Å²) in [6.45, 7) is 2.79. The van der Waals surface area contributed by atoms with Gasteiger partial charge in [0.2, 0.25) is 5.91 Å². The molecule has 1 aliphatic carbocycles. The lowest BCUT2D eigenvalue weighted by atomic mass is 10.0. The molecule has 1 aromatic carbocycles. The summed E-state index contributed by atoms with van der Waals surface area (Å²) in [6.07, 6.45) is 0.604. The van der Waals surface area contributed by atoms with Gasteiger partial charge >= 0.3 is 5.97 Å². The molecule has 2 fully saturated rings. The van der Waals surface area contributed by atoms with Gasteiger partial charge in [0.15, 0.2) is 0 Å². The predicted octanol–water partition coefficient (Wildman–Crippen LogP) is 1.84. The van der Waals surface area contributed by atoms with Crippen molar-refractivity contribution in [3.8, 4) is 0 Å². The molecule has 112 valence electrons. The molecule has 0 radical (unpaired) electrons. The van der Waals surface area contributed by atoms with E-state index in [0.29, 0.717) is 25.9 Å². The van der Waals surface area contributed by atoms with Crippen LogP contribution in [0.25, 0.3) is 0 Å². The maximum Gasteiger partial charge on any atom is 0.319 e. The molecule has 1 saturated carbocycles. The second-order valence-corrected chi connectivity index (χ2v) is 5.94. The molecular formula is C16H19NO4. The van der Waals surface area contributed by atoms with Gasteiger partial charge in [-0.3, -0.25) is 9.59 Å². The first kappa shape index (κ1) is 14.1. The number of aliphatic carboxylic acids is 1. The standard InChI is InChI=1S/C16H19NO4/c1-11-9-17(14(18)16(7-8-16)15(19)20)10-13(21-11)12-5-3-2-4-6-12/h2-6,11,13H,7-10H2,1H3,(H,19,20)/t11-,13-/m1/s1. The summed E-state index contributed by atoms with van der Waals surface area (Å²) in [7, 11) is 0. The summed E-state index contributed by atoms with van der Waals surface area (Å²) in [4.78, 5) is 25.5. The van der Waals surface area contributed by atoms with Crippen LogP contribution < -0.4 is 0 Å². The number of amides is 1. The zero-order valence-electron chi connectivity index (χ0n) is 12.0. The van der Waals surface area contributed by atoms with E-state index in [1.807, 2.05) is 37.3 Å². The van der Waals surface area contributed by atoms with E-state index in [1.165, 1.54) is 0 Å². The van der Waals surface area contributed by atoms with Crippen LogP contribution in [0.3, 0.4) is 0 Å². The molecule has 1 aromatic rings. The summed E-state index contributed by atoms with van der Waals surface area (Å²) in [5, 5.41) is 9.27. The summed E-state index contributed by atoms with van der Waals surface area (Å²) < 4.78 is 5.90. The lowest BCUT2D eigenvalue weighted by Crippen LogP contribution is -2.50. The maximum absolute atomic E-state index is 12.5. The van der Waals surface area contributed by atoms with Crippen LogP contribution in [0.5, 0.6) is 0 Å². The van der Waals surface area contributed by atoms with Crippen LogP contribution in [-0.4, -0.2) is 41.1 Å². The largest absolute Gasteiger partial charge is 0.480 e. The molecule has 5 heteroatoms. The molecule has 0 unspecified atom stereocenters. The Kier molecular flexibility index (Phi) is 3.45. The Bertz CT molecular complexity index is 553. The first-order chi connectivity index (χ1) is 10.0. The highest BCUT2D eigenvalue weighted by atomic mass is 16.5. The van der Waals surface area contributed by atoms with Gasteiger partial charge in [-0.1, -0.05) is 30.3 Å². The van der Waals surface area contributed by atoms with Crippen molar-refractivity contribution in [1.29, 1.82) is 0 Å². The second kappa shape index (κ2) is 5.15. The first-order valence-electron chi connectivity index (χ1n) is 7.26. The van der Waals surface area contributed by atoms with E-state index in [0.717, 1.165) is 5.56 Å². The third-order valence-corrected chi connectivity index (χ3v) is 4.29. The molecule has 2 aliphatic rings. The molecule has 0 bridgehead atoms. The van der Waals surface area contributed by atoms with E-state index in [1.54, 1.807) is 4.90 Å². The average molecular weight is 289 g/mol. The van der Waals surface area contributed by atoms with Crippen molar-refractivity contribution in [1.82, 2.24) is 4.90 Å². The van der Waals surface area contributed by atoms with Crippen LogP contribution in [0.1, 0.15) is 31.4 Å². The quantitative estimate of drug-likeness (QED) is 0.862. The zero-order chi connectivity index (χ0) is 15.0. The van der Waals surface area contributed by atoms with E-state index in [9.17, 15) is 14.7 Å². The third-order valence-electron chi connectivity index (χ3n) is 4.29. The molecule has 3 rings (SSSR count). The van der Waals surface area contributed by atoms with Crippen molar-refractivity contribution in [2.24, 2.45) is 5.41 Å². The van der Waals surface area contributed by atoms with Crippen LogP contribution in [-0.2, 0) is 14.3 Å². The number of nitrogens with zero attached hydrogens (tertiary/aromatic N) is 1. The fourth-order valence-corrected chi connectivity index (χ4v) is 2.92. The lowest BCUT2D eigenvalue weighted by Gasteiger charge is -2.38. The number of carboxylic acids is 1. The summed E-state index contributed by atoms with van der Waals surface area (Å²) >= 11 is 0. The minimum absolute atomic E-state index is 0.0995. The Morgan fingerprint density at radius 2 is 1.90 bits per heavy atom. The monoisotopic (exact) mass is 289 g/mol. The number of hydrogen-bond acceptors (Lipinski definition) is 3. The molecule has 2 atom stereocenters. The Morgan fingerprint density at radius 3 is 2.48 bits per heavy atom. The predicted molar refractivity (Wildman–Crippen MR) is 75.6 cm³/mol. The van der Waals surface area contributed by atoms with Gasteiger partial charge in [-0.05, 0) is 25.3 Å². The molecule has 1 saturated heterocycles. The first-order valence-corrected chi connectivity index (χ1v) is 7.26. The molecule has 0 aromatic heterocycles. The van der Waals surface area contributed by atoms with Crippen LogP contribution in [0.4, 0.5) is 0 Å². The molecule has 1 heterocycles. The van der Waals surface area contributed by atoms with Crippen LogP contribution in [0, 0.1) is 5.41 Å². The highest BCUT2D eigenvalue weighted by Crippen LogP contribution is 2.48. The number of rotatable bonds is 3. The van der Waals surface area contributed by atoms with E-state index in [2.05, 4.69) is 0 Å². The maximum atomic E-state index is 12.5. The van der Waals surface area contributed by atoms with Crippen molar-refractivity contribution in [3.63, 3.8) is 0 Å². The summed E-state index contributed by atoms with van der Waals surface area (Å²) in [5.41, 5.74) is -0.153. The minimum Gasteiger partial charge on any atom is -0.480 e. The van der Waals surface area contributed by atoms with Crippen molar-refractivity contribution >= 4 is 11.9 Å². The summed E-state index contributed by atoms with van der Waals surface area (Å²) in [6, 6.07) is 9.74. The minimum atomic E-state index is -1.17. The Hall–Kier alpha value is -1.88. The van der Waals surface area contributed by atoms with Crippen molar-refractivity contribution < 1.29 is 19.4 Å². The van der Waals surface area contributed by atoms with Gasteiger partial charge in [0, 0.05) is 6.54 Å². The van der Waals surface area contributed by atoms with Gasteiger partial charge < -0.3 is 14.7 Å². The van der Waals surface area contributed by atoms with Gasteiger partial charge in [0.25, 0.3) is 0 Å². The van der Waals surface area contributed by atoms with Gasteiger partial charge in [0.1, 0.15) is 11.5 Å². The van der Waals surface area contributed by atoms with Crippen molar-refractivity contribution in [2.45, 2.75) is 32.0 Å². The molecule has 0 spiro atoms. The Labute approximate surface area is 123 Å². The number of hydrogen-bond donors (Lipinski definition) is 1. The SMILES string of the molecule is C[C@@H]1CN(C(=O)C2(C(=O)O)CC2)C[C@H](c2ccccc2)O1. The number of carbonyl (C=O) groups is 2. The fourth-order valence-electron chi connectivity index (χ4n) is 2.92. The lowest BCUT2D eigenvalue weighted by molar-refractivity contribution is -0.160. The van der Waals surface area contributed by atoms with E-state index < -0.39 is 11.4 Å². The second-order valence-electron chi connectivity index (χ2n) is 5.94. The van der Waals surface area contributed by atoms with Crippen LogP contribution >= 0.6 is 0 Å². The molecule has 1 N–H and O–H groups in total. The fraction of sp³-hybridized carbons (Fsp3) is 0.500. The summed E-state index contributed by atoms with van der Waals surface area (Å²) in [5.74, 6) is -1.26. The van der Waals surface area contributed by atoms with E-state index >= 15 is 0 Å². The molecule has 5 nitrogen and oxygen atoms in total. The highest BCUT2D eigenvalue weighted by Gasteiger charge is 2.59. The molecule has 1 amide bonds. The molecule has 1 aliphatic heterocycles. The number of morpholine rings is 1. The van der Waals surface area contributed by atoms with E-state index in [4.69, 9.17) is 4.74 Å². The molecule has 21 heavy (non-hydrogen) atoms. The third kappa shape index (κ3) is 2.53. The number of carboxylic acid groups (broad SMARTS) is 1. The van der Waals surface area contributed by atoms with Crippen LogP contribution in [0.15, 0.2) is 30.3 Å².